The molecule has 0 spiro atoms. The van der Waals surface area contributed by atoms with Crippen LogP contribution in [0.1, 0.15) is 73.4 Å². The highest BCUT2D eigenvalue weighted by Gasteiger charge is 2.36. The zero-order valence-corrected chi connectivity index (χ0v) is 20.2. The Balaban J connectivity index is 1.48. The first kappa shape index (κ1) is 23.8. The smallest absolute Gasteiger partial charge is 0.349 e. The molecule has 1 atom stereocenters. The molecule has 0 aromatic heterocycles. The molecule has 1 unspecified atom stereocenters. The number of hydrazone groups is 1. The van der Waals surface area contributed by atoms with Crippen molar-refractivity contribution in [1.82, 2.24) is 10.3 Å². The minimum Gasteiger partial charge on any atom is -0.349 e. The molecular formula is C27H31F3N4O. The highest BCUT2D eigenvalue weighted by molar-refractivity contribution is 6.15. The van der Waals surface area contributed by atoms with Crippen LogP contribution >= 0.6 is 0 Å². The number of hydrogen-bond donors (Lipinski definition) is 1. The summed E-state index contributed by atoms with van der Waals surface area (Å²) in [7, 11) is 0. The van der Waals surface area contributed by atoms with Crippen LogP contribution in [0, 0.1) is 18.8 Å². The number of aliphatic imine (C=N–C) groups is 1. The van der Waals surface area contributed by atoms with Crippen molar-refractivity contribution in [3.05, 3.63) is 52.7 Å². The molecule has 4 aliphatic rings. The van der Waals surface area contributed by atoms with E-state index in [2.05, 4.69) is 29.4 Å². The van der Waals surface area contributed by atoms with Crippen LogP contribution in [-0.2, 0) is 0 Å². The minimum atomic E-state index is -4.23. The number of rotatable bonds is 6. The summed E-state index contributed by atoms with van der Waals surface area (Å²) in [5.41, 5.74) is 5.81. The number of nitrogens with one attached hydrogen (secondary N) is 1. The SMILES string of the molecule is Cc1cc(C2=CC(C)CC=C3C(=NCCC(F)(F)F)CC(C4CC4)=NN32)ccc1C(=O)NC1CC1. The van der Waals surface area contributed by atoms with Gasteiger partial charge in [0.05, 0.1) is 23.5 Å². The van der Waals surface area contributed by atoms with Crippen molar-refractivity contribution in [2.45, 2.75) is 71.0 Å². The van der Waals surface area contributed by atoms with Crippen LogP contribution in [0.5, 0.6) is 0 Å². The number of fused-ring (bicyclic) bond motifs is 1. The molecule has 8 heteroatoms. The maximum absolute atomic E-state index is 12.8. The fourth-order valence-corrected chi connectivity index (χ4v) is 4.58. The lowest BCUT2D eigenvalue weighted by atomic mass is 9.99. The van der Waals surface area contributed by atoms with Crippen LogP contribution in [0.25, 0.3) is 5.70 Å². The molecule has 2 fully saturated rings. The first-order valence-corrected chi connectivity index (χ1v) is 12.5. The summed E-state index contributed by atoms with van der Waals surface area (Å²) in [6.07, 6.45) is 4.50. The summed E-state index contributed by atoms with van der Waals surface area (Å²) in [5.74, 6) is 0.546. The molecule has 5 nitrogen and oxygen atoms in total. The molecule has 1 aromatic rings. The van der Waals surface area contributed by atoms with E-state index in [1.807, 2.05) is 30.1 Å². The highest BCUT2D eigenvalue weighted by atomic mass is 19.4. The zero-order chi connectivity index (χ0) is 24.7. The zero-order valence-electron chi connectivity index (χ0n) is 20.2. The monoisotopic (exact) mass is 484 g/mol. The lowest BCUT2D eigenvalue weighted by molar-refractivity contribution is -0.132. The Labute approximate surface area is 203 Å². The molecule has 2 saturated carbocycles. The summed E-state index contributed by atoms with van der Waals surface area (Å²) >= 11 is 0. The number of carbonyl (C=O) groups excluding carboxylic acids is 1. The second-order valence-corrected chi connectivity index (χ2v) is 10.2. The number of benzene rings is 1. The lowest BCUT2D eigenvalue weighted by Crippen LogP contribution is -2.31. The maximum atomic E-state index is 12.8. The van der Waals surface area contributed by atoms with Gasteiger partial charge in [0.2, 0.25) is 0 Å². The molecular weight excluding hydrogens is 453 g/mol. The first-order chi connectivity index (χ1) is 16.7. The van der Waals surface area contributed by atoms with Crippen molar-refractivity contribution in [1.29, 1.82) is 0 Å². The van der Waals surface area contributed by atoms with Gasteiger partial charge in [0.25, 0.3) is 5.91 Å². The Kier molecular flexibility index (Phi) is 6.32. The predicted molar refractivity (Wildman–Crippen MR) is 131 cm³/mol. The highest BCUT2D eigenvalue weighted by Crippen LogP contribution is 2.39. The lowest BCUT2D eigenvalue weighted by Gasteiger charge is -2.31. The van der Waals surface area contributed by atoms with Gasteiger partial charge < -0.3 is 5.32 Å². The Bertz CT molecular complexity index is 1140. The van der Waals surface area contributed by atoms with Gasteiger partial charge in [-0.15, -0.1) is 0 Å². The number of halogens is 3. The van der Waals surface area contributed by atoms with E-state index in [1.165, 1.54) is 0 Å². The molecule has 186 valence electrons. The van der Waals surface area contributed by atoms with E-state index in [0.29, 0.717) is 29.7 Å². The van der Waals surface area contributed by atoms with Gasteiger partial charge in [-0.25, -0.2) is 5.01 Å². The van der Waals surface area contributed by atoms with Gasteiger partial charge in [-0.1, -0.05) is 25.1 Å². The normalized spacial score (nSPS) is 23.8. The van der Waals surface area contributed by atoms with E-state index in [4.69, 9.17) is 5.10 Å². The Morgan fingerprint density at radius 1 is 1.20 bits per heavy atom. The van der Waals surface area contributed by atoms with E-state index < -0.39 is 12.6 Å². The third-order valence-corrected chi connectivity index (χ3v) is 6.88. The molecule has 1 N–H and O–H groups in total. The Morgan fingerprint density at radius 3 is 2.63 bits per heavy atom. The fraction of sp³-hybridized carbons (Fsp3) is 0.519. The van der Waals surface area contributed by atoms with Gasteiger partial charge in [0.1, 0.15) is 0 Å². The summed E-state index contributed by atoms with van der Waals surface area (Å²) in [6.45, 7) is 3.77. The summed E-state index contributed by atoms with van der Waals surface area (Å²) < 4.78 is 38.4. The second-order valence-electron chi connectivity index (χ2n) is 10.2. The second kappa shape index (κ2) is 9.28. The summed E-state index contributed by atoms with van der Waals surface area (Å²) in [5, 5.41) is 9.91. The van der Waals surface area contributed by atoms with E-state index in [-0.39, 0.29) is 18.4 Å². The number of allylic oxidation sites excluding steroid dienone is 3. The van der Waals surface area contributed by atoms with E-state index >= 15 is 0 Å². The quantitative estimate of drug-likeness (QED) is 0.537. The molecule has 2 aliphatic heterocycles. The van der Waals surface area contributed by atoms with Crippen molar-refractivity contribution in [2.75, 3.05) is 6.54 Å². The fourth-order valence-electron chi connectivity index (χ4n) is 4.58. The van der Waals surface area contributed by atoms with E-state index in [1.54, 1.807) is 0 Å². The number of carbonyl (C=O) groups is 1. The largest absolute Gasteiger partial charge is 0.390 e. The van der Waals surface area contributed by atoms with Crippen molar-refractivity contribution < 1.29 is 18.0 Å². The van der Waals surface area contributed by atoms with Crippen molar-refractivity contribution in [3.63, 3.8) is 0 Å². The van der Waals surface area contributed by atoms with Crippen LogP contribution in [0.3, 0.4) is 0 Å². The number of alkyl halides is 3. The Morgan fingerprint density at radius 2 is 1.97 bits per heavy atom. The average molecular weight is 485 g/mol. The van der Waals surface area contributed by atoms with E-state index in [9.17, 15) is 18.0 Å². The van der Waals surface area contributed by atoms with Crippen LogP contribution in [0.2, 0.25) is 0 Å². The maximum Gasteiger partial charge on any atom is 0.390 e. The molecule has 2 aliphatic carbocycles. The van der Waals surface area contributed by atoms with Crippen LogP contribution in [0.4, 0.5) is 13.2 Å². The Hall–Kier alpha value is -2.90. The molecule has 0 saturated heterocycles. The third-order valence-electron chi connectivity index (χ3n) is 6.88. The van der Waals surface area contributed by atoms with Crippen molar-refractivity contribution in [3.8, 4) is 0 Å². The topological polar surface area (TPSA) is 57.1 Å². The molecule has 1 aromatic carbocycles. The number of hydrogen-bond acceptors (Lipinski definition) is 4. The van der Waals surface area contributed by atoms with Crippen LogP contribution in [-0.4, -0.2) is 41.1 Å². The van der Waals surface area contributed by atoms with E-state index in [0.717, 1.165) is 60.3 Å². The molecule has 1 amide bonds. The number of amides is 1. The molecule has 5 rings (SSSR count). The van der Waals surface area contributed by atoms with Crippen molar-refractivity contribution >= 4 is 23.0 Å². The summed E-state index contributed by atoms with van der Waals surface area (Å²) in [6, 6.07) is 6.09. The standard InChI is InChI=1S/C27H31F3N4O/c1-16-3-10-24-23(31-12-11-27(28,29)30)15-22(18-4-5-18)33-34(24)25(13-16)19-6-9-21(17(2)14-19)26(35)32-20-7-8-20/h6,9-10,13-14,16,18,20H,3-5,7-8,11-12,15H2,1-2H3,(H,32,35). The molecule has 35 heavy (non-hydrogen) atoms. The van der Waals surface area contributed by atoms with Crippen molar-refractivity contribution in [2.24, 2.45) is 21.9 Å². The van der Waals surface area contributed by atoms with Gasteiger partial charge in [-0.05, 0) is 68.6 Å². The van der Waals surface area contributed by atoms with Crippen LogP contribution < -0.4 is 5.32 Å². The predicted octanol–water partition coefficient (Wildman–Crippen LogP) is 6.02. The van der Waals surface area contributed by atoms with Gasteiger partial charge in [-0.3, -0.25) is 9.79 Å². The number of aryl methyl sites for hydroxylation is 1. The average Bonchev–Trinajstić information content (AvgIpc) is 3.67. The van der Waals surface area contributed by atoms with Gasteiger partial charge in [-0.2, -0.15) is 18.3 Å². The van der Waals surface area contributed by atoms with Gasteiger partial charge in [0, 0.05) is 35.8 Å². The minimum absolute atomic E-state index is 0.0496. The number of nitrogens with zero attached hydrogens (tertiary/aromatic N) is 3. The molecule has 0 radical (unpaired) electrons. The summed E-state index contributed by atoms with van der Waals surface area (Å²) in [4.78, 5) is 17.0. The third kappa shape index (κ3) is 5.68. The van der Waals surface area contributed by atoms with Gasteiger partial charge in [0.15, 0.2) is 0 Å². The first-order valence-electron chi connectivity index (χ1n) is 12.5. The van der Waals surface area contributed by atoms with Crippen LogP contribution in [0.15, 0.2) is 46.1 Å². The molecule has 2 heterocycles. The van der Waals surface area contributed by atoms with Gasteiger partial charge >= 0.3 is 6.18 Å². The molecule has 0 bridgehead atoms.